The predicted octanol–water partition coefficient (Wildman–Crippen LogP) is 2.84. The van der Waals surface area contributed by atoms with Gasteiger partial charge in [0.05, 0.1) is 0 Å². The van der Waals surface area contributed by atoms with Gasteiger partial charge in [-0.2, -0.15) is 0 Å². The van der Waals surface area contributed by atoms with Gasteiger partial charge in [-0.1, -0.05) is 0 Å². The van der Waals surface area contributed by atoms with Gasteiger partial charge in [-0.3, -0.25) is 4.79 Å². The van der Waals surface area contributed by atoms with E-state index in [1.165, 1.54) is 12.8 Å². The van der Waals surface area contributed by atoms with Crippen molar-refractivity contribution >= 4 is 10.8 Å². The maximum Gasteiger partial charge on any atom is 0.255 e. The third-order valence-electron chi connectivity index (χ3n) is 5.42. The van der Waals surface area contributed by atoms with Crippen molar-refractivity contribution in [1.82, 2.24) is 9.88 Å². The van der Waals surface area contributed by atoms with Crippen LogP contribution in [0.5, 0.6) is 5.75 Å². The lowest BCUT2D eigenvalue weighted by atomic mass is 10.00. The molecule has 0 aliphatic carbocycles. The highest BCUT2D eigenvalue weighted by Gasteiger charge is 2.39. The molecule has 2 fully saturated rings. The van der Waals surface area contributed by atoms with Crippen LogP contribution in [0.1, 0.15) is 31.2 Å². The van der Waals surface area contributed by atoms with Crippen LogP contribution in [-0.2, 0) is 0 Å². The van der Waals surface area contributed by atoms with Crippen molar-refractivity contribution in [1.29, 1.82) is 0 Å². The minimum atomic E-state index is -0.0375. The predicted molar refractivity (Wildman–Crippen MR) is 87.5 cm³/mol. The summed E-state index contributed by atoms with van der Waals surface area (Å²) in [4.78, 5) is 17.1. The minimum absolute atomic E-state index is 0.0375. The molecule has 2 aromatic rings. The van der Waals surface area contributed by atoms with Crippen molar-refractivity contribution < 1.29 is 4.74 Å². The summed E-state index contributed by atoms with van der Waals surface area (Å²) in [6.07, 6.45) is 6.81. The summed E-state index contributed by atoms with van der Waals surface area (Å²) in [6.45, 7) is 2.02. The molecule has 4 heteroatoms. The summed E-state index contributed by atoms with van der Waals surface area (Å²) < 4.78 is 6.32. The van der Waals surface area contributed by atoms with Gasteiger partial charge in [0.25, 0.3) is 5.56 Å². The van der Waals surface area contributed by atoms with Crippen molar-refractivity contribution in [3.05, 3.63) is 40.3 Å². The summed E-state index contributed by atoms with van der Waals surface area (Å²) in [7, 11) is 2.24. The minimum Gasteiger partial charge on any atom is -0.490 e. The maximum atomic E-state index is 11.9. The van der Waals surface area contributed by atoms with Gasteiger partial charge in [0.1, 0.15) is 11.9 Å². The fourth-order valence-corrected chi connectivity index (χ4v) is 4.09. The standard InChI is InChI=1S/C18H22N2O2/c1-11-7-16-12(5-6-19-18(16)21)8-17(11)22-15-9-13-3-4-14(10-15)20(13)2/h5-8,13-15H,3-4,9-10H2,1-2H3,(H,19,21)/t13-,14+,15+. The molecule has 3 heterocycles. The Morgan fingerprint density at radius 3 is 2.68 bits per heavy atom. The number of aromatic nitrogens is 1. The lowest BCUT2D eigenvalue weighted by molar-refractivity contribution is 0.0658. The van der Waals surface area contributed by atoms with Crippen molar-refractivity contribution in [3.63, 3.8) is 0 Å². The molecule has 0 spiro atoms. The molecule has 0 unspecified atom stereocenters. The van der Waals surface area contributed by atoms with Gasteiger partial charge in [-0.15, -0.1) is 0 Å². The first kappa shape index (κ1) is 13.8. The monoisotopic (exact) mass is 298 g/mol. The Morgan fingerprint density at radius 2 is 1.95 bits per heavy atom. The van der Waals surface area contributed by atoms with Gasteiger partial charge in [0.2, 0.25) is 0 Å². The number of nitrogens with zero attached hydrogens (tertiary/aromatic N) is 1. The molecule has 0 saturated carbocycles. The number of piperidine rings is 1. The second kappa shape index (κ2) is 5.13. The zero-order chi connectivity index (χ0) is 15.3. The van der Waals surface area contributed by atoms with Crippen LogP contribution in [0.4, 0.5) is 0 Å². The summed E-state index contributed by atoms with van der Waals surface area (Å²) in [5.41, 5.74) is 1.000. The number of hydrogen-bond acceptors (Lipinski definition) is 3. The SMILES string of the molecule is Cc1cc2c(=O)[nH]ccc2cc1O[C@H]1C[C@H]2CC[C@@H](C1)N2C. The first-order valence-corrected chi connectivity index (χ1v) is 8.12. The normalized spacial score (nSPS) is 28.2. The van der Waals surface area contributed by atoms with Crippen molar-refractivity contribution in [2.45, 2.75) is 50.8 Å². The molecular formula is C18H22N2O2. The molecule has 2 bridgehead atoms. The highest BCUT2D eigenvalue weighted by molar-refractivity contribution is 5.83. The van der Waals surface area contributed by atoms with Crippen LogP contribution in [-0.4, -0.2) is 35.1 Å². The number of fused-ring (bicyclic) bond motifs is 3. The van der Waals surface area contributed by atoms with Crippen LogP contribution in [0.25, 0.3) is 10.8 Å². The Kier molecular flexibility index (Phi) is 3.22. The van der Waals surface area contributed by atoms with E-state index in [2.05, 4.69) is 16.9 Å². The largest absolute Gasteiger partial charge is 0.490 e. The molecule has 2 aliphatic rings. The Bertz CT molecular complexity index is 753. The Hall–Kier alpha value is -1.81. The Morgan fingerprint density at radius 1 is 1.23 bits per heavy atom. The average molecular weight is 298 g/mol. The second-order valence-corrected chi connectivity index (χ2v) is 6.77. The van der Waals surface area contributed by atoms with Crippen LogP contribution in [0, 0.1) is 6.92 Å². The second-order valence-electron chi connectivity index (χ2n) is 6.77. The van der Waals surface area contributed by atoms with E-state index in [0.29, 0.717) is 18.2 Å². The molecule has 1 N–H and O–H groups in total. The van der Waals surface area contributed by atoms with Crippen molar-refractivity contribution in [3.8, 4) is 5.75 Å². The Labute approximate surface area is 130 Å². The van der Waals surface area contributed by atoms with Gasteiger partial charge in [0.15, 0.2) is 0 Å². The zero-order valence-electron chi connectivity index (χ0n) is 13.1. The first-order valence-electron chi connectivity index (χ1n) is 8.12. The molecule has 4 nitrogen and oxygen atoms in total. The zero-order valence-corrected chi connectivity index (χ0v) is 13.1. The fraction of sp³-hybridized carbons (Fsp3) is 0.500. The van der Waals surface area contributed by atoms with E-state index in [1.807, 2.05) is 25.1 Å². The number of hydrogen-bond donors (Lipinski definition) is 1. The van der Waals surface area contributed by atoms with Crippen molar-refractivity contribution in [2.24, 2.45) is 0 Å². The van der Waals surface area contributed by atoms with E-state index in [1.54, 1.807) is 6.20 Å². The highest BCUT2D eigenvalue weighted by Crippen LogP contribution is 2.36. The number of H-pyrrole nitrogens is 1. The van der Waals surface area contributed by atoms with Gasteiger partial charge in [-0.05, 0) is 68.8 Å². The maximum absolute atomic E-state index is 11.9. The van der Waals surface area contributed by atoms with E-state index >= 15 is 0 Å². The van der Waals surface area contributed by atoms with Crippen LogP contribution in [0.2, 0.25) is 0 Å². The van der Waals surface area contributed by atoms with E-state index in [0.717, 1.165) is 34.9 Å². The van der Waals surface area contributed by atoms with Crippen molar-refractivity contribution in [2.75, 3.05) is 7.05 Å². The summed E-state index contributed by atoms with van der Waals surface area (Å²) in [6, 6.07) is 7.23. The van der Waals surface area contributed by atoms with Gasteiger partial charge in [-0.25, -0.2) is 0 Å². The smallest absolute Gasteiger partial charge is 0.255 e. The number of ether oxygens (including phenoxy) is 1. The van der Waals surface area contributed by atoms with Gasteiger partial charge in [0, 0.05) is 23.7 Å². The molecule has 3 atom stereocenters. The topological polar surface area (TPSA) is 45.3 Å². The molecule has 2 saturated heterocycles. The van der Waals surface area contributed by atoms with E-state index in [9.17, 15) is 4.79 Å². The molecule has 22 heavy (non-hydrogen) atoms. The third-order valence-corrected chi connectivity index (χ3v) is 5.42. The molecule has 4 rings (SSSR count). The van der Waals surface area contributed by atoms with Crippen LogP contribution >= 0.6 is 0 Å². The molecular weight excluding hydrogens is 276 g/mol. The van der Waals surface area contributed by atoms with Gasteiger partial charge >= 0.3 is 0 Å². The first-order chi connectivity index (χ1) is 10.6. The molecule has 2 aliphatic heterocycles. The number of aromatic amines is 1. The number of benzene rings is 1. The van der Waals surface area contributed by atoms with Gasteiger partial charge < -0.3 is 14.6 Å². The fourth-order valence-electron chi connectivity index (χ4n) is 4.09. The van der Waals surface area contributed by atoms with E-state index in [-0.39, 0.29) is 5.56 Å². The molecule has 1 aromatic heterocycles. The molecule has 116 valence electrons. The van der Waals surface area contributed by atoms with E-state index < -0.39 is 0 Å². The van der Waals surface area contributed by atoms with Crippen LogP contribution in [0.3, 0.4) is 0 Å². The molecule has 1 aromatic carbocycles. The van der Waals surface area contributed by atoms with Crippen LogP contribution in [0.15, 0.2) is 29.2 Å². The third kappa shape index (κ3) is 2.22. The number of nitrogens with one attached hydrogen (secondary N) is 1. The number of rotatable bonds is 2. The van der Waals surface area contributed by atoms with E-state index in [4.69, 9.17) is 4.74 Å². The van der Waals surface area contributed by atoms with Crippen LogP contribution < -0.4 is 10.3 Å². The quantitative estimate of drug-likeness (QED) is 0.927. The average Bonchev–Trinajstić information content (AvgIpc) is 2.72. The summed E-state index contributed by atoms with van der Waals surface area (Å²) in [5.74, 6) is 0.923. The lowest BCUT2D eigenvalue weighted by Crippen LogP contribution is -2.43. The highest BCUT2D eigenvalue weighted by atomic mass is 16.5. The lowest BCUT2D eigenvalue weighted by Gasteiger charge is -2.36. The summed E-state index contributed by atoms with van der Waals surface area (Å²) >= 11 is 0. The molecule has 0 amide bonds. The molecule has 0 radical (unpaired) electrons. The Balaban J connectivity index is 1.62. The number of aryl methyl sites for hydroxylation is 1. The number of pyridine rings is 1. The summed E-state index contributed by atoms with van der Waals surface area (Å²) in [5, 5.41) is 1.68.